The number of sulfonamides is 1. The number of aromatic nitrogens is 1. The van der Waals surface area contributed by atoms with Crippen molar-refractivity contribution >= 4 is 15.8 Å². The summed E-state index contributed by atoms with van der Waals surface area (Å²) in [4.78, 5) is 16.3. The first kappa shape index (κ1) is 15.6. The number of hydrogen-bond acceptors (Lipinski definition) is 4. The number of ketones is 1. The van der Waals surface area contributed by atoms with Crippen molar-refractivity contribution in [3.8, 4) is 0 Å². The molecule has 0 spiro atoms. The molecule has 3 rings (SSSR count). The fraction of sp³-hybridized carbons (Fsp3) is 0.625. The van der Waals surface area contributed by atoms with Crippen LogP contribution in [0.1, 0.15) is 38.7 Å². The lowest BCUT2D eigenvalue weighted by Gasteiger charge is -2.36. The number of rotatable bonds is 5. The monoisotopic (exact) mass is 322 g/mol. The van der Waals surface area contributed by atoms with Gasteiger partial charge in [0.15, 0.2) is 0 Å². The lowest BCUT2D eigenvalue weighted by molar-refractivity contribution is -0.128. The molecule has 1 heterocycles. The van der Waals surface area contributed by atoms with Crippen molar-refractivity contribution in [3.05, 3.63) is 30.1 Å². The van der Waals surface area contributed by atoms with Crippen molar-refractivity contribution in [1.82, 2.24) is 9.71 Å². The van der Waals surface area contributed by atoms with Gasteiger partial charge in [-0.3, -0.25) is 9.78 Å². The number of carbonyl (C=O) groups is 1. The highest BCUT2D eigenvalue weighted by Crippen LogP contribution is 2.64. The van der Waals surface area contributed by atoms with E-state index >= 15 is 0 Å². The zero-order valence-electron chi connectivity index (χ0n) is 13.0. The van der Waals surface area contributed by atoms with E-state index in [4.69, 9.17) is 0 Å². The molecule has 2 aliphatic rings. The van der Waals surface area contributed by atoms with Crippen LogP contribution in [0.25, 0.3) is 0 Å². The third kappa shape index (κ3) is 2.38. The van der Waals surface area contributed by atoms with Crippen molar-refractivity contribution in [3.63, 3.8) is 0 Å². The molecule has 0 radical (unpaired) electrons. The second-order valence-corrected chi connectivity index (χ2v) is 8.91. The summed E-state index contributed by atoms with van der Waals surface area (Å²) in [6, 6.07) is 3.55. The number of fused-ring (bicyclic) bond motifs is 2. The van der Waals surface area contributed by atoms with Crippen molar-refractivity contribution in [2.75, 3.05) is 5.75 Å². The minimum absolute atomic E-state index is 0.0899. The lowest BCUT2D eigenvalue weighted by atomic mass is 9.70. The second-order valence-electron chi connectivity index (χ2n) is 7.10. The van der Waals surface area contributed by atoms with Gasteiger partial charge in [-0.1, -0.05) is 13.8 Å². The van der Waals surface area contributed by atoms with Gasteiger partial charge in [-0.2, -0.15) is 0 Å². The van der Waals surface area contributed by atoms with Crippen molar-refractivity contribution < 1.29 is 13.2 Å². The molecule has 1 N–H and O–H groups in total. The van der Waals surface area contributed by atoms with E-state index in [-0.39, 0.29) is 23.5 Å². The largest absolute Gasteiger partial charge is 0.299 e. The Kier molecular flexibility index (Phi) is 3.64. The van der Waals surface area contributed by atoms with E-state index in [1.165, 1.54) is 0 Å². The van der Waals surface area contributed by atoms with Gasteiger partial charge in [0.05, 0.1) is 5.75 Å². The molecule has 1 aromatic heterocycles. The summed E-state index contributed by atoms with van der Waals surface area (Å²) in [6.07, 6.45) is 5.45. The molecule has 2 atom stereocenters. The molecule has 0 saturated heterocycles. The Hall–Kier alpha value is -1.27. The van der Waals surface area contributed by atoms with Crippen LogP contribution in [0.15, 0.2) is 24.5 Å². The maximum atomic E-state index is 12.5. The van der Waals surface area contributed by atoms with E-state index < -0.39 is 15.4 Å². The second kappa shape index (κ2) is 5.13. The van der Waals surface area contributed by atoms with Gasteiger partial charge in [-0.05, 0) is 41.9 Å². The Labute approximate surface area is 131 Å². The van der Waals surface area contributed by atoms with Gasteiger partial charge in [-0.15, -0.1) is 0 Å². The standard InChI is InChI=1S/C16H22N2O3S/c1-15(2)13-3-6-16(15,14(19)9-13)11-22(20,21)18-10-12-4-7-17-8-5-12/h4-5,7-8,13,18H,3,6,9-11H2,1-2H3/t13-,16+/m1/s1. The molecule has 120 valence electrons. The van der Waals surface area contributed by atoms with Crippen LogP contribution < -0.4 is 4.72 Å². The van der Waals surface area contributed by atoms with E-state index in [2.05, 4.69) is 9.71 Å². The predicted octanol–water partition coefficient (Wildman–Crippen LogP) is 1.90. The summed E-state index contributed by atoms with van der Waals surface area (Å²) in [5.41, 5.74) is -0.0746. The zero-order chi connectivity index (χ0) is 16.0. The molecule has 2 bridgehead atoms. The predicted molar refractivity (Wildman–Crippen MR) is 83.4 cm³/mol. The van der Waals surface area contributed by atoms with Crippen LogP contribution in [0.3, 0.4) is 0 Å². The average Bonchev–Trinajstić information content (AvgIpc) is 2.80. The summed E-state index contributed by atoms with van der Waals surface area (Å²) >= 11 is 0. The van der Waals surface area contributed by atoms with E-state index in [0.717, 1.165) is 12.0 Å². The van der Waals surface area contributed by atoms with E-state index in [1.807, 2.05) is 13.8 Å². The first-order valence-corrected chi connectivity index (χ1v) is 9.32. The molecule has 0 aliphatic heterocycles. The lowest BCUT2D eigenvalue weighted by Crippen LogP contribution is -2.45. The van der Waals surface area contributed by atoms with Gasteiger partial charge < -0.3 is 0 Å². The van der Waals surface area contributed by atoms with Gasteiger partial charge in [0.25, 0.3) is 0 Å². The van der Waals surface area contributed by atoms with Crippen LogP contribution in [0.2, 0.25) is 0 Å². The molecule has 2 saturated carbocycles. The third-order valence-corrected chi connectivity index (χ3v) is 7.28. The van der Waals surface area contributed by atoms with Crippen LogP contribution in [0, 0.1) is 16.7 Å². The van der Waals surface area contributed by atoms with Gasteiger partial charge in [0, 0.05) is 30.8 Å². The highest BCUT2D eigenvalue weighted by Gasteiger charge is 2.65. The summed E-state index contributed by atoms with van der Waals surface area (Å²) in [5.74, 6) is 0.367. The smallest absolute Gasteiger partial charge is 0.212 e. The number of carbonyl (C=O) groups excluding carboxylic acids is 1. The molecule has 0 aromatic carbocycles. The highest BCUT2D eigenvalue weighted by molar-refractivity contribution is 7.89. The first-order chi connectivity index (χ1) is 10.3. The number of pyridine rings is 1. The van der Waals surface area contributed by atoms with Gasteiger partial charge in [0.1, 0.15) is 5.78 Å². The Morgan fingerprint density at radius 1 is 1.32 bits per heavy atom. The average molecular weight is 322 g/mol. The van der Waals surface area contributed by atoms with Gasteiger partial charge in [-0.25, -0.2) is 13.1 Å². The number of nitrogens with one attached hydrogen (secondary N) is 1. The Morgan fingerprint density at radius 3 is 2.55 bits per heavy atom. The van der Waals surface area contributed by atoms with Crippen molar-refractivity contribution in [1.29, 1.82) is 0 Å². The van der Waals surface area contributed by atoms with Crippen LogP contribution >= 0.6 is 0 Å². The Balaban J connectivity index is 1.75. The zero-order valence-corrected chi connectivity index (χ0v) is 13.8. The minimum Gasteiger partial charge on any atom is -0.299 e. The third-order valence-electron chi connectivity index (χ3n) is 5.82. The first-order valence-electron chi connectivity index (χ1n) is 7.66. The maximum absolute atomic E-state index is 12.5. The van der Waals surface area contributed by atoms with Crippen molar-refractivity contribution in [2.45, 2.75) is 39.7 Å². The number of Topliss-reactive ketones (excluding diaryl/α,β-unsaturated/α-hetero) is 1. The van der Waals surface area contributed by atoms with Gasteiger partial charge in [0.2, 0.25) is 10.0 Å². The van der Waals surface area contributed by atoms with E-state index in [0.29, 0.717) is 18.8 Å². The Bertz CT molecular complexity index is 685. The molecular weight excluding hydrogens is 300 g/mol. The van der Waals surface area contributed by atoms with Crippen LogP contribution in [0.4, 0.5) is 0 Å². The fourth-order valence-corrected chi connectivity index (χ4v) is 5.99. The topological polar surface area (TPSA) is 76.1 Å². The molecule has 0 amide bonds. The summed E-state index contributed by atoms with van der Waals surface area (Å²) < 4.78 is 27.6. The quantitative estimate of drug-likeness (QED) is 0.898. The molecule has 2 fully saturated rings. The molecule has 6 heteroatoms. The van der Waals surface area contributed by atoms with Gasteiger partial charge >= 0.3 is 0 Å². The molecule has 22 heavy (non-hydrogen) atoms. The minimum atomic E-state index is -3.50. The van der Waals surface area contributed by atoms with Crippen LogP contribution in [-0.2, 0) is 21.4 Å². The van der Waals surface area contributed by atoms with Crippen LogP contribution in [0.5, 0.6) is 0 Å². The molecular formula is C16H22N2O3S. The fourth-order valence-electron chi connectivity index (χ4n) is 4.18. The Morgan fingerprint density at radius 2 is 2.00 bits per heavy atom. The number of nitrogens with zero attached hydrogens (tertiary/aromatic N) is 1. The van der Waals surface area contributed by atoms with E-state index in [1.54, 1.807) is 24.5 Å². The normalized spacial score (nSPS) is 29.9. The molecule has 5 nitrogen and oxygen atoms in total. The summed E-state index contributed by atoms with van der Waals surface area (Å²) in [5, 5.41) is 0. The van der Waals surface area contributed by atoms with E-state index in [9.17, 15) is 13.2 Å². The maximum Gasteiger partial charge on any atom is 0.212 e. The number of hydrogen-bond donors (Lipinski definition) is 1. The summed E-state index contributed by atoms with van der Waals surface area (Å²) in [6.45, 7) is 4.33. The van der Waals surface area contributed by atoms with Crippen molar-refractivity contribution in [2.24, 2.45) is 16.7 Å². The SMILES string of the molecule is CC1(C)[C@@H]2CC[C@]1(CS(=O)(=O)NCc1ccncc1)C(=O)C2. The molecule has 1 aromatic rings. The van der Waals surface area contributed by atoms with Crippen LogP contribution in [-0.4, -0.2) is 24.9 Å². The molecule has 0 unspecified atom stereocenters. The summed E-state index contributed by atoms with van der Waals surface area (Å²) in [7, 11) is -3.50. The molecule has 2 aliphatic carbocycles. The highest BCUT2D eigenvalue weighted by atomic mass is 32.2.